The average Bonchev–Trinajstić information content (AvgIpc) is 3.18. The SMILES string of the molecule is CCCC1=C(C(=O)OCC)C(c2ccc(N(CC)CC)cc2)n2c(nc3ccccc32)N1. The van der Waals surface area contributed by atoms with E-state index in [-0.39, 0.29) is 12.0 Å². The van der Waals surface area contributed by atoms with Gasteiger partial charge in [0, 0.05) is 24.5 Å². The molecule has 1 N–H and O–H groups in total. The maximum Gasteiger partial charge on any atom is 0.338 e. The third-order valence-electron chi connectivity index (χ3n) is 6.05. The van der Waals surface area contributed by atoms with Crippen LogP contribution in [0, 0.1) is 0 Å². The van der Waals surface area contributed by atoms with Gasteiger partial charge in [0.25, 0.3) is 0 Å². The molecule has 168 valence electrons. The van der Waals surface area contributed by atoms with E-state index in [4.69, 9.17) is 9.72 Å². The van der Waals surface area contributed by atoms with Gasteiger partial charge in [-0.2, -0.15) is 0 Å². The normalized spacial score (nSPS) is 15.4. The van der Waals surface area contributed by atoms with Crippen LogP contribution in [-0.2, 0) is 9.53 Å². The molecule has 1 aliphatic rings. The molecule has 1 atom stereocenters. The molecule has 6 heteroatoms. The molecule has 1 aliphatic heterocycles. The number of esters is 1. The molecule has 6 nitrogen and oxygen atoms in total. The van der Waals surface area contributed by atoms with Crippen LogP contribution < -0.4 is 10.2 Å². The Kier molecular flexibility index (Phi) is 6.49. The lowest BCUT2D eigenvalue weighted by molar-refractivity contribution is -0.139. The fourth-order valence-electron chi connectivity index (χ4n) is 4.55. The molecule has 0 radical (unpaired) electrons. The van der Waals surface area contributed by atoms with Crippen LogP contribution in [0.25, 0.3) is 11.0 Å². The molecule has 2 heterocycles. The number of carbonyl (C=O) groups is 1. The van der Waals surface area contributed by atoms with Crippen molar-refractivity contribution in [2.75, 3.05) is 29.9 Å². The maximum absolute atomic E-state index is 13.2. The lowest BCUT2D eigenvalue weighted by atomic mass is 9.93. The van der Waals surface area contributed by atoms with Crippen molar-refractivity contribution in [1.82, 2.24) is 9.55 Å². The van der Waals surface area contributed by atoms with E-state index in [0.717, 1.165) is 54.2 Å². The smallest absolute Gasteiger partial charge is 0.338 e. The molecule has 0 saturated heterocycles. The van der Waals surface area contributed by atoms with Gasteiger partial charge in [0.05, 0.1) is 29.3 Å². The number of hydrogen-bond acceptors (Lipinski definition) is 5. The van der Waals surface area contributed by atoms with Crippen molar-refractivity contribution < 1.29 is 9.53 Å². The molecule has 32 heavy (non-hydrogen) atoms. The second-order valence-corrected chi connectivity index (χ2v) is 7.95. The number of carbonyl (C=O) groups excluding carboxylic acids is 1. The summed E-state index contributed by atoms with van der Waals surface area (Å²) in [7, 11) is 0. The number of hydrogen-bond donors (Lipinski definition) is 1. The van der Waals surface area contributed by atoms with Gasteiger partial charge >= 0.3 is 5.97 Å². The Labute approximate surface area is 189 Å². The molecule has 0 fully saturated rings. The van der Waals surface area contributed by atoms with Crippen molar-refractivity contribution in [3.05, 3.63) is 65.4 Å². The molecule has 3 aromatic rings. The third-order valence-corrected chi connectivity index (χ3v) is 6.05. The van der Waals surface area contributed by atoms with E-state index in [9.17, 15) is 4.79 Å². The first-order valence-corrected chi connectivity index (χ1v) is 11.6. The van der Waals surface area contributed by atoms with Crippen LogP contribution in [0.5, 0.6) is 0 Å². The van der Waals surface area contributed by atoms with Crippen molar-refractivity contribution in [1.29, 1.82) is 0 Å². The second kappa shape index (κ2) is 9.47. The first kappa shape index (κ1) is 21.9. The van der Waals surface area contributed by atoms with Gasteiger partial charge < -0.3 is 15.0 Å². The van der Waals surface area contributed by atoms with Crippen molar-refractivity contribution in [3.8, 4) is 0 Å². The summed E-state index contributed by atoms with van der Waals surface area (Å²) in [6.07, 6.45) is 1.67. The van der Waals surface area contributed by atoms with Crippen LogP contribution in [0.3, 0.4) is 0 Å². The number of nitrogens with one attached hydrogen (secondary N) is 1. The van der Waals surface area contributed by atoms with E-state index in [2.05, 4.69) is 65.9 Å². The summed E-state index contributed by atoms with van der Waals surface area (Å²) in [6, 6.07) is 16.3. The fraction of sp³-hybridized carbons (Fsp3) is 0.385. The Morgan fingerprint density at radius 1 is 1.06 bits per heavy atom. The van der Waals surface area contributed by atoms with E-state index in [1.54, 1.807) is 0 Å². The Bertz CT molecular complexity index is 1130. The van der Waals surface area contributed by atoms with Gasteiger partial charge in [-0.05, 0) is 57.0 Å². The van der Waals surface area contributed by atoms with Crippen molar-refractivity contribution in [3.63, 3.8) is 0 Å². The van der Waals surface area contributed by atoms with E-state index in [1.807, 2.05) is 25.1 Å². The van der Waals surface area contributed by atoms with Crippen LogP contribution in [0.1, 0.15) is 52.1 Å². The molecule has 1 aromatic heterocycles. The predicted octanol–water partition coefficient (Wildman–Crippen LogP) is 5.51. The van der Waals surface area contributed by atoms with Crippen molar-refractivity contribution in [2.24, 2.45) is 0 Å². The summed E-state index contributed by atoms with van der Waals surface area (Å²) in [4.78, 5) is 20.4. The number of imidazole rings is 1. The van der Waals surface area contributed by atoms with Gasteiger partial charge in [-0.3, -0.25) is 4.57 Å². The highest BCUT2D eigenvalue weighted by Gasteiger charge is 2.35. The zero-order valence-electron chi connectivity index (χ0n) is 19.4. The number of ether oxygens (including phenoxy) is 1. The van der Waals surface area contributed by atoms with Crippen LogP contribution >= 0.6 is 0 Å². The highest BCUT2D eigenvalue weighted by Crippen LogP contribution is 2.41. The molecule has 4 rings (SSSR count). The molecule has 2 aromatic carbocycles. The summed E-state index contributed by atoms with van der Waals surface area (Å²) >= 11 is 0. The van der Waals surface area contributed by atoms with Crippen LogP contribution in [-0.4, -0.2) is 35.2 Å². The minimum absolute atomic E-state index is 0.273. The predicted molar refractivity (Wildman–Crippen MR) is 130 cm³/mol. The van der Waals surface area contributed by atoms with Crippen LogP contribution in [0.15, 0.2) is 59.8 Å². The Balaban J connectivity index is 1.91. The average molecular weight is 433 g/mol. The summed E-state index contributed by atoms with van der Waals surface area (Å²) in [5, 5.41) is 3.45. The summed E-state index contributed by atoms with van der Waals surface area (Å²) in [5.41, 5.74) is 5.68. The third kappa shape index (κ3) is 3.85. The van der Waals surface area contributed by atoms with E-state index in [1.165, 1.54) is 5.69 Å². The molecule has 0 saturated carbocycles. The number of nitrogens with zero attached hydrogens (tertiary/aromatic N) is 3. The van der Waals surface area contributed by atoms with Gasteiger partial charge in [-0.15, -0.1) is 0 Å². The van der Waals surface area contributed by atoms with Gasteiger partial charge in [-0.1, -0.05) is 37.6 Å². The molecule has 0 bridgehead atoms. The van der Waals surface area contributed by atoms with Gasteiger partial charge in [0.2, 0.25) is 5.95 Å². The number of para-hydroxylation sites is 2. The quantitative estimate of drug-likeness (QED) is 0.475. The molecule has 1 unspecified atom stereocenters. The lowest BCUT2D eigenvalue weighted by Gasteiger charge is -2.31. The topological polar surface area (TPSA) is 59.4 Å². The molecular formula is C26H32N4O2. The number of anilines is 2. The van der Waals surface area contributed by atoms with Crippen LogP contribution in [0.4, 0.5) is 11.6 Å². The van der Waals surface area contributed by atoms with E-state index < -0.39 is 0 Å². The largest absolute Gasteiger partial charge is 0.463 e. The Hall–Kier alpha value is -3.28. The van der Waals surface area contributed by atoms with Crippen molar-refractivity contribution in [2.45, 2.75) is 46.6 Å². The first-order valence-electron chi connectivity index (χ1n) is 11.6. The zero-order valence-corrected chi connectivity index (χ0v) is 19.4. The first-order chi connectivity index (χ1) is 15.6. The molecule has 0 aliphatic carbocycles. The van der Waals surface area contributed by atoms with Crippen molar-refractivity contribution >= 4 is 28.6 Å². The Morgan fingerprint density at radius 2 is 1.78 bits per heavy atom. The zero-order chi connectivity index (χ0) is 22.7. The number of aromatic nitrogens is 2. The van der Waals surface area contributed by atoms with Crippen LogP contribution in [0.2, 0.25) is 0 Å². The standard InChI is InChI=1S/C26H32N4O2/c1-5-11-21-23(25(31)32-8-4)24(18-14-16-19(17-15-18)29(6-2)7-3)30-22-13-10-9-12-20(22)27-26(30)28-21/h9-10,12-17,24H,5-8,11H2,1-4H3,(H,27,28). The number of benzene rings is 2. The van der Waals surface area contributed by atoms with Gasteiger partial charge in [0.1, 0.15) is 0 Å². The summed E-state index contributed by atoms with van der Waals surface area (Å²) in [6.45, 7) is 10.5. The monoisotopic (exact) mass is 432 g/mol. The number of allylic oxidation sites excluding steroid dienone is 1. The fourth-order valence-corrected chi connectivity index (χ4v) is 4.55. The minimum Gasteiger partial charge on any atom is -0.463 e. The lowest BCUT2D eigenvalue weighted by Crippen LogP contribution is -2.30. The van der Waals surface area contributed by atoms with Gasteiger partial charge in [-0.25, -0.2) is 9.78 Å². The Morgan fingerprint density at radius 3 is 2.44 bits per heavy atom. The van der Waals surface area contributed by atoms with E-state index in [0.29, 0.717) is 12.2 Å². The minimum atomic E-state index is -0.301. The van der Waals surface area contributed by atoms with Gasteiger partial charge in [0.15, 0.2) is 0 Å². The number of fused-ring (bicyclic) bond motifs is 3. The molecular weight excluding hydrogens is 400 g/mol. The molecule has 0 spiro atoms. The maximum atomic E-state index is 13.2. The summed E-state index contributed by atoms with van der Waals surface area (Å²) in [5.74, 6) is 0.491. The summed E-state index contributed by atoms with van der Waals surface area (Å²) < 4.78 is 7.66. The number of rotatable bonds is 8. The molecule has 0 amide bonds. The second-order valence-electron chi connectivity index (χ2n) is 7.95. The van der Waals surface area contributed by atoms with E-state index >= 15 is 0 Å². The highest BCUT2D eigenvalue weighted by molar-refractivity contribution is 5.94. The highest BCUT2D eigenvalue weighted by atomic mass is 16.5.